The second-order valence-corrected chi connectivity index (χ2v) is 8.63. The Morgan fingerprint density at radius 1 is 0.952 bits per heavy atom. The summed E-state index contributed by atoms with van der Waals surface area (Å²) in [5, 5.41) is -1.93. The van der Waals surface area contributed by atoms with Gasteiger partial charge < -0.3 is 9.42 Å². The molecule has 0 saturated heterocycles. The molecule has 126 valence electrons. The van der Waals surface area contributed by atoms with E-state index in [4.69, 9.17) is 14.7 Å². The molecule has 1 atom stereocenters. The summed E-state index contributed by atoms with van der Waals surface area (Å²) >= 11 is 0. The van der Waals surface area contributed by atoms with Crippen molar-refractivity contribution in [1.82, 2.24) is 0 Å². The van der Waals surface area contributed by atoms with E-state index in [-0.39, 0.29) is 6.61 Å². The van der Waals surface area contributed by atoms with Crippen molar-refractivity contribution >= 4 is 20.8 Å². The minimum atomic E-state index is -4.99. The van der Waals surface area contributed by atoms with Crippen LogP contribution in [-0.4, -0.2) is 31.4 Å². The van der Waals surface area contributed by atoms with E-state index in [1.165, 1.54) is 32.1 Å². The lowest BCUT2D eigenvalue weighted by Crippen LogP contribution is -2.07. The van der Waals surface area contributed by atoms with E-state index in [0.717, 1.165) is 19.3 Å². The summed E-state index contributed by atoms with van der Waals surface area (Å²) in [6.45, 7) is 2.04. The normalized spacial score (nSPS) is 14.9. The molecule has 0 fully saturated rings. The van der Waals surface area contributed by atoms with Crippen molar-refractivity contribution in [1.29, 1.82) is 0 Å². The smallest absolute Gasteiger partial charge is 0.316 e. The Morgan fingerprint density at radius 2 is 1.38 bits per heavy atom. The number of unbranched alkanes of at least 4 members (excludes halogenated alkanes) is 8. The van der Waals surface area contributed by atoms with Crippen LogP contribution in [0.5, 0.6) is 0 Å². The summed E-state index contributed by atoms with van der Waals surface area (Å²) in [5.41, 5.74) is 0. The second kappa shape index (κ2) is 10.8. The van der Waals surface area contributed by atoms with Crippen LogP contribution in [0.1, 0.15) is 64.7 Å². The lowest BCUT2D eigenvalue weighted by atomic mass is 10.1. The Morgan fingerprint density at radius 3 is 1.81 bits per heavy atom. The third-order valence-electron chi connectivity index (χ3n) is 3.01. The number of carbonyl (C=O) groups excluding carboxylic acids is 1. The molecule has 0 heterocycles. The van der Waals surface area contributed by atoms with Gasteiger partial charge in [-0.25, -0.2) is 9.36 Å². The highest BCUT2D eigenvalue weighted by Gasteiger charge is 2.56. The van der Waals surface area contributed by atoms with Crippen molar-refractivity contribution < 1.29 is 33.5 Å². The van der Waals surface area contributed by atoms with Crippen LogP contribution in [0.3, 0.4) is 0 Å². The number of carbonyl (C=O) groups is 1. The fraction of sp³-hybridized carbons (Fsp3) is 0.917. The van der Waals surface area contributed by atoms with Gasteiger partial charge in [0.05, 0.1) is 6.61 Å². The maximum absolute atomic E-state index is 11.3. The van der Waals surface area contributed by atoms with Gasteiger partial charge in [-0.15, -0.1) is 0 Å². The highest BCUT2D eigenvalue weighted by molar-refractivity contribution is 8.00. The van der Waals surface area contributed by atoms with Gasteiger partial charge in [0.15, 0.2) is 0 Å². The molecule has 21 heavy (non-hydrogen) atoms. The molecule has 0 aliphatic carbocycles. The van der Waals surface area contributed by atoms with Crippen LogP contribution in [0.2, 0.25) is 0 Å². The molecule has 0 radical (unpaired) electrons. The molecular weight excluding hydrogens is 318 g/mol. The summed E-state index contributed by atoms with van der Waals surface area (Å²) in [4.78, 5) is 46.1. The number of hydrogen-bond donors (Lipinski definition) is 4. The van der Waals surface area contributed by atoms with Gasteiger partial charge >= 0.3 is 20.8 Å². The quantitative estimate of drug-likeness (QED) is 0.297. The topological polar surface area (TPSA) is 124 Å². The predicted molar refractivity (Wildman–Crippen MR) is 82.0 cm³/mol. The number of hydrogen-bond acceptors (Lipinski definition) is 6. The Balaban J connectivity index is 3.63. The molecule has 0 aromatic rings. The SMILES string of the molecule is CCCCCCCCCCCOP(=O)(O)C(=O)[P+](O)(O)O. The summed E-state index contributed by atoms with van der Waals surface area (Å²) in [6, 6.07) is 0. The Hall–Kier alpha value is 0.130. The Labute approximate surface area is 126 Å². The summed E-state index contributed by atoms with van der Waals surface area (Å²) in [7, 11) is -9.80. The van der Waals surface area contributed by atoms with E-state index in [0.29, 0.717) is 6.42 Å². The van der Waals surface area contributed by atoms with Crippen LogP contribution in [-0.2, 0) is 9.09 Å². The molecule has 0 aliphatic heterocycles. The van der Waals surface area contributed by atoms with Crippen molar-refractivity contribution in [3.05, 3.63) is 0 Å². The molecule has 0 spiro atoms. The van der Waals surface area contributed by atoms with Gasteiger partial charge in [0.25, 0.3) is 0 Å². The maximum Gasteiger partial charge on any atom is 0.492 e. The van der Waals surface area contributed by atoms with Crippen LogP contribution in [0.15, 0.2) is 0 Å². The number of rotatable bonds is 13. The van der Waals surface area contributed by atoms with E-state index in [2.05, 4.69) is 11.4 Å². The third-order valence-corrected chi connectivity index (χ3v) is 6.11. The van der Waals surface area contributed by atoms with Crippen LogP contribution in [0.4, 0.5) is 4.79 Å². The largest absolute Gasteiger partial charge is 0.492 e. The van der Waals surface area contributed by atoms with Gasteiger partial charge in [0.1, 0.15) is 0 Å². The average Bonchev–Trinajstić information content (AvgIpc) is 2.39. The van der Waals surface area contributed by atoms with E-state index < -0.39 is 20.8 Å². The molecule has 9 heteroatoms. The molecule has 0 saturated carbocycles. The molecule has 0 rings (SSSR count). The van der Waals surface area contributed by atoms with Crippen molar-refractivity contribution in [2.75, 3.05) is 6.61 Å². The standard InChI is InChI=1S/C12H26O7P2/c1-2-3-4-5-6-7-8-9-10-11-19-21(17,18)12(13)20(14,15)16/h14-16H,2-11H2,1H3/p+1. The molecule has 0 aliphatic rings. The van der Waals surface area contributed by atoms with E-state index >= 15 is 0 Å². The summed E-state index contributed by atoms with van der Waals surface area (Å²) in [5.74, 6) is 0. The third kappa shape index (κ3) is 10.5. The maximum atomic E-state index is 11.3. The summed E-state index contributed by atoms with van der Waals surface area (Å²) in [6.07, 6.45) is 9.51. The van der Waals surface area contributed by atoms with Gasteiger partial charge in [-0.3, -0.25) is 0 Å². The molecular formula is C12H27O7P2+. The van der Waals surface area contributed by atoms with Gasteiger partial charge in [0.2, 0.25) is 0 Å². The fourth-order valence-electron chi connectivity index (χ4n) is 1.83. The lowest BCUT2D eigenvalue weighted by Gasteiger charge is -2.09. The van der Waals surface area contributed by atoms with E-state index in [9.17, 15) is 14.3 Å². The fourth-order valence-corrected chi connectivity index (χ4v) is 3.84. The zero-order chi connectivity index (χ0) is 16.4. The van der Waals surface area contributed by atoms with Crippen LogP contribution in [0, 0.1) is 0 Å². The van der Waals surface area contributed by atoms with E-state index in [1.807, 2.05) is 0 Å². The molecule has 0 aromatic heterocycles. The van der Waals surface area contributed by atoms with Crippen molar-refractivity contribution in [3.8, 4) is 0 Å². The Kier molecular flexibility index (Phi) is 10.9. The second-order valence-electron chi connectivity index (χ2n) is 5.03. The van der Waals surface area contributed by atoms with Gasteiger partial charge in [-0.05, 0) is 6.42 Å². The lowest BCUT2D eigenvalue weighted by molar-refractivity contribution is 0.229. The van der Waals surface area contributed by atoms with E-state index in [1.54, 1.807) is 0 Å². The molecule has 1 unspecified atom stereocenters. The van der Waals surface area contributed by atoms with Gasteiger partial charge in [0, 0.05) is 0 Å². The van der Waals surface area contributed by atoms with Gasteiger partial charge in [-0.1, -0.05) is 58.3 Å². The van der Waals surface area contributed by atoms with Crippen molar-refractivity contribution in [2.45, 2.75) is 64.7 Å². The first kappa shape index (κ1) is 21.1. The van der Waals surface area contributed by atoms with Crippen LogP contribution in [0.25, 0.3) is 0 Å². The highest BCUT2D eigenvalue weighted by Crippen LogP contribution is 2.62. The molecule has 7 nitrogen and oxygen atoms in total. The first-order valence-corrected chi connectivity index (χ1v) is 10.5. The minimum Gasteiger partial charge on any atom is -0.316 e. The molecule has 0 aromatic carbocycles. The molecule has 0 bridgehead atoms. The van der Waals surface area contributed by atoms with Crippen molar-refractivity contribution in [2.24, 2.45) is 0 Å². The summed E-state index contributed by atoms with van der Waals surface area (Å²) < 4.78 is 15.8. The minimum absolute atomic E-state index is 0.130. The molecule has 0 amide bonds. The zero-order valence-electron chi connectivity index (χ0n) is 12.5. The monoisotopic (exact) mass is 345 g/mol. The first-order valence-electron chi connectivity index (χ1n) is 7.31. The van der Waals surface area contributed by atoms with Crippen LogP contribution < -0.4 is 0 Å². The zero-order valence-corrected chi connectivity index (χ0v) is 14.3. The van der Waals surface area contributed by atoms with Gasteiger partial charge in [-0.2, -0.15) is 14.7 Å². The Bertz CT molecular complexity index is 341. The first-order chi connectivity index (χ1) is 9.72. The predicted octanol–water partition coefficient (Wildman–Crippen LogP) is 3.58. The van der Waals surface area contributed by atoms with Crippen molar-refractivity contribution in [3.63, 3.8) is 0 Å². The van der Waals surface area contributed by atoms with Crippen LogP contribution >= 0.6 is 15.5 Å². The molecule has 4 N–H and O–H groups in total. The highest BCUT2D eigenvalue weighted by atomic mass is 31.3. The average molecular weight is 345 g/mol.